The van der Waals surface area contributed by atoms with Gasteiger partial charge in [0, 0.05) is 42.3 Å². The standard InChI is InChI=1S/C28H34FN5O3/c29-26-23-15-34(8-1-2-21(23)14-31-27(26)30-7-11-35)28(36)25-13-20-4-3-19(12-24(20)32-25)18-5-9-33(10-6-18)22-16-37-17-22/h3-4,12-14,18,22,32,35H,1-2,5-11,15-17H2,(H,30,31). The maximum Gasteiger partial charge on any atom is 0.270 e. The molecule has 9 heteroatoms. The third-order valence-corrected chi connectivity index (χ3v) is 8.14. The molecular weight excluding hydrogens is 473 g/mol. The van der Waals surface area contributed by atoms with Crippen LogP contribution in [0, 0.1) is 5.82 Å². The van der Waals surface area contributed by atoms with Crippen molar-refractivity contribution in [1.29, 1.82) is 0 Å². The summed E-state index contributed by atoms with van der Waals surface area (Å²) >= 11 is 0. The van der Waals surface area contributed by atoms with Crippen molar-refractivity contribution < 1.29 is 19.0 Å². The normalized spacial score (nSPS) is 19.5. The van der Waals surface area contributed by atoms with E-state index in [1.165, 1.54) is 5.56 Å². The Bertz CT molecular complexity index is 1280. The van der Waals surface area contributed by atoms with Gasteiger partial charge in [0.2, 0.25) is 0 Å². The molecule has 2 saturated heterocycles. The Morgan fingerprint density at radius 1 is 1.22 bits per heavy atom. The number of piperidine rings is 1. The first kappa shape index (κ1) is 24.3. The Kier molecular flexibility index (Phi) is 6.84. The molecule has 1 aromatic carbocycles. The maximum absolute atomic E-state index is 15.2. The number of halogens is 1. The highest BCUT2D eigenvalue weighted by molar-refractivity contribution is 5.98. The average molecular weight is 508 g/mol. The Hall–Kier alpha value is -3.01. The van der Waals surface area contributed by atoms with E-state index in [1.807, 2.05) is 6.07 Å². The monoisotopic (exact) mass is 507 g/mol. The van der Waals surface area contributed by atoms with E-state index < -0.39 is 5.82 Å². The predicted molar refractivity (Wildman–Crippen MR) is 139 cm³/mol. The number of amides is 1. The van der Waals surface area contributed by atoms with E-state index in [4.69, 9.17) is 9.84 Å². The number of hydrogen-bond donors (Lipinski definition) is 3. The number of hydrogen-bond acceptors (Lipinski definition) is 6. The third kappa shape index (κ3) is 4.83. The van der Waals surface area contributed by atoms with Crippen LogP contribution in [0.25, 0.3) is 10.9 Å². The first-order valence-electron chi connectivity index (χ1n) is 13.4. The number of aliphatic hydroxyl groups excluding tert-OH is 1. The van der Waals surface area contributed by atoms with Crippen LogP contribution in [0.15, 0.2) is 30.5 Å². The van der Waals surface area contributed by atoms with Crippen LogP contribution in [-0.4, -0.2) is 82.8 Å². The number of aryl methyl sites for hydroxylation is 1. The molecule has 0 radical (unpaired) electrons. The minimum Gasteiger partial charge on any atom is -0.395 e. The highest BCUT2D eigenvalue weighted by Gasteiger charge is 2.30. The number of likely N-dealkylation sites (tertiary alicyclic amines) is 1. The maximum atomic E-state index is 15.2. The number of carbonyl (C=O) groups excluding carboxylic acids is 1. The number of aromatic amines is 1. The Labute approximate surface area is 215 Å². The second-order valence-electron chi connectivity index (χ2n) is 10.4. The van der Waals surface area contributed by atoms with Gasteiger partial charge in [0.1, 0.15) is 5.69 Å². The Balaban J connectivity index is 1.18. The summed E-state index contributed by atoms with van der Waals surface area (Å²) in [6.45, 7) is 4.79. The minimum absolute atomic E-state index is 0.111. The summed E-state index contributed by atoms with van der Waals surface area (Å²) in [5.41, 5.74) is 4.15. The molecule has 3 aliphatic heterocycles. The lowest BCUT2D eigenvalue weighted by Crippen LogP contribution is -2.51. The van der Waals surface area contributed by atoms with E-state index in [0.717, 1.165) is 62.0 Å². The van der Waals surface area contributed by atoms with Crippen LogP contribution in [0.1, 0.15) is 52.4 Å². The van der Waals surface area contributed by atoms with Crippen molar-refractivity contribution in [3.8, 4) is 0 Å². The smallest absolute Gasteiger partial charge is 0.270 e. The van der Waals surface area contributed by atoms with Crippen LogP contribution in [-0.2, 0) is 17.7 Å². The number of fused-ring (bicyclic) bond motifs is 2. The molecule has 6 rings (SSSR count). The van der Waals surface area contributed by atoms with E-state index in [0.29, 0.717) is 36.2 Å². The first-order chi connectivity index (χ1) is 18.1. The Morgan fingerprint density at radius 3 is 2.81 bits per heavy atom. The molecule has 0 aliphatic carbocycles. The van der Waals surface area contributed by atoms with E-state index in [9.17, 15) is 4.79 Å². The molecule has 0 spiro atoms. The van der Waals surface area contributed by atoms with E-state index in [1.54, 1.807) is 11.1 Å². The van der Waals surface area contributed by atoms with Crippen molar-refractivity contribution in [2.75, 3.05) is 51.3 Å². The molecule has 2 fully saturated rings. The summed E-state index contributed by atoms with van der Waals surface area (Å²) in [6.07, 6.45) is 5.38. The lowest BCUT2D eigenvalue weighted by Gasteiger charge is -2.41. The molecule has 37 heavy (non-hydrogen) atoms. The molecule has 0 atom stereocenters. The highest BCUT2D eigenvalue weighted by atomic mass is 19.1. The number of benzene rings is 1. The number of aromatic nitrogens is 2. The van der Waals surface area contributed by atoms with E-state index >= 15 is 4.39 Å². The SMILES string of the molecule is O=C(c1cc2ccc(C3CCN(C4COC4)CC3)cc2[nH]1)N1CCCc2cnc(NCCO)c(F)c2C1. The van der Waals surface area contributed by atoms with Gasteiger partial charge in [0.25, 0.3) is 5.91 Å². The van der Waals surface area contributed by atoms with Crippen molar-refractivity contribution >= 4 is 22.6 Å². The summed E-state index contributed by atoms with van der Waals surface area (Å²) in [6, 6.07) is 9.00. The number of pyridine rings is 1. The average Bonchev–Trinajstić information content (AvgIpc) is 3.19. The van der Waals surface area contributed by atoms with Crippen molar-refractivity contribution in [3.63, 3.8) is 0 Å². The van der Waals surface area contributed by atoms with Gasteiger partial charge in [-0.15, -0.1) is 0 Å². The van der Waals surface area contributed by atoms with E-state index in [2.05, 4.69) is 38.4 Å². The molecule has 0 saturated carbocycles. The molecule has 3 N–H and O–H groups in total. The molecule has 0 bridgehead atoms. The number of ether oxygens (including phenoxy) is 1. The van der Waals surface area contributed by atoms with Crippen LogP contribution in [0.3, 0.4) is 0 Å². The summed E-state index contributed by atoms with van der Waals surface area (Å²) in [4.78, 5) is 25.3. The summed E-state index contributed by atoms with van der Waals surface area (Å²) < 4.78 is 20.6. The summed E-state index contributed by atoms with van der Waals surface area (Å²) in [7, 11) is 0. The quantitative estimate of drug-likeness (QED) is 0.474. The van der Waals surface area contributed by atoms with Crippen LogP contribution < -0.4 is 5.32 Å². The lowest BCUT2D eigenvalue weighted by atomic mass is 9.88. The van der Waals surface area contributed by atoms with Gasteiger partial charge < -0.3 is 25.0 Å². The van der Waals surface area contributed by atoms with Crippen molar-refractivity contribution in [2.24, 2.45) is 0 Å². The number of carbonyl (C=O) groups is 1. The molecule has 3 aromatic rings. The zero-order valence-corrected chi connectivity index (χ0v) is 21.0. The van der Waals surface area contributed by atoms with Crippen LogP contribution in [0.5, 0.6) is 0 Å². The number of aliphatic hydroxyl groups is 1. The van der Waals surface area contributed by atoms with Gasteiger partial charge in [0.05, 0.1) is 25.9 Å². The highest BCUT2D eigenvalue weighted by Crippen LogP contribution is 2.32. The fraction of sp³-hybridized carbons (Fsp3) is 0.500. The van der Waals surface area contributed by atoms with Gasteiger partial charge in [-0.1, -0.05) is 12.1 Å². The number of rotatable bonds is 6. The van der Waals surface area contributed by atoms with Gasteiger partial charge >= 0.3 is 0 Å². The molecular formula is C28H34FN5O3. The molecule has 3 aliphatic rings. The van der Waals surface area contributed by atoms with Crippen molar-refractivity contribution in [1.82, 2.24) is 19.8 Å². The van der Waals surface area contributed by atoms with Gasteiger partial charge in [-0.25, -0.2) is 9.37 Å². The second-order valence-corrected chi connectivity index (χ2v) is 10.4. The second kappa shape index (κ2) is 10.4. The molecule has 1 amide bonds. The lowest BCUT2D eigenvalue weighted by molar-refractivity contribution is -0.0712. The topological polar surface area (TPSA) is 93.7 Å². The molecule has 196 valence electrons. The third-order valence-electron chi connectivity index (χ3n) is 8.14. The van der Waals surface area contributed by atoms with Gasteiger partial charge in [-0.05, 0) is 68.0 Å². The largest absolute Gasteiger partial charge is 0.395 e. The van der Waals surface area contributed by atoms with Gasteiger partial charge in [-0.2, -0.15) is 0 Å². The summed E-state index contributed by atoms with van der Waals surface area (Å²) in [5.74, 6) is 0.0778. The zero-order chi connectivity index (χ0) is 25.4. The van der Waals surface area contributed by atoms with E-state index in [-0.39, 0.29) is 31.4 Å². The molecule has 5 heterocycles. The fourth-order valence-corrected chi connectivity index (χ4v) is 5.86. The zero-order valence-electron chi connectivity index (χ0n) is 21.0. The molecule has 8 nitrogen and oxygen atoms in total. The van der Waals surface area contributed by atoms with Crippen LogP contribution in [0.2, 0.25) is 0 Å². The fourth-order valence-electron chi connectivity index (χ4n) is 5.86. The number of anilines is 1. The minimum atomic E-state index is -0.442. The van der Waals surface area contributed by atoms with Crippen molar-refractivity contribution in [3.05, 3.63) is 58.7 Å². The number of nitrogens with one attached hydrogen (secondary N) is 2. The van der Waals surface area contributed by atoms with Crippen LogP contribution >= 0.6 is 0 Å². The number of H-pyrrole nitrogens is 1. The number of nitrogens with zero attached hydrogens (tertiary/aromatic N) is 3. The summed E-state index contributed by atoms with van der Waals surface area (Å²) in [5, 5.41) is 12.9. The Morgan fingerprint density at radius 2 is 2.05 bits per heavy atom. The van der Waals surface area contributed by atoms with Crippen molar-refractivity contribution in [2.45, 2.75) is 44.2 Å². The first-order valence-corrected chi connectivity index (χ1v) is 13.4. The van der Waals surface area contributed by atoms with Gasteiger partial charge in [-0.3, -0.25) is 9.69 Å². The molecule has 2 aromatic heterocycles. The van der Waals surface area contributed by atoms with Gasteiger partial charge in [0.15, 0.2) is 11.6 Å². The van der Waals surface area contributed by atoms with Crippen LogP contribution in [0.4, 0.5) is 10.2 Å². The molecule has 0 unspecified atom stereocenters. The predicted octanol–water partition coefficient (Wildman–Crippen LogP) is 3.27.